The Morgan fingerprint density at radius 3 is 1.27 bits per heavy atom. The number of ether oxygens (including phenoxy) is 4. The van der Waals surface area contributed by atoms with Crippen molar-refractivity contribution in [3.05, 3.63) is 0 Å². The van der Waals surface area contributed by atoms with Crippen molar-refractivity contribution in [3.8, 4) is 0 Å². The molecule has 0 spiro atoms. The topological polar surface area (TPSA) is 105 Å². The number of ketones is 2. The maximum atomic E-state index is 11.0. The molecule has 0 rings (SSSR count). The van der Waals surface area contributed by atoms with Crippen molar-refractivity contribution in [1.82, 2.24) is 0 Å². The number of Topliss-reactive ketones (excluding diaryl/α,β-unsaturated/α-hetero) is 2. The van der Waals surface area contributed by atoms with Gasteiger partial charge >= 0.3 is 11.9 Å². The standard InChI is InChI=1S/C10H18O4.C8H14O4.4CH4/c1-9(11)5-6-10(12)14-8-4-3-7-13-2;1-7(9)3-4-8(10)12-6-5-11-2;;;;/h3-8H2,1-2H3;3-6H2,1-2H3;4*1H4. The van der Waals surface area contributed by atoms with Crippen LogP contribution in [0.15, 0.2) is 0 Å². The number of hydrogen-bond donors (Lipinski definition) is 0. The van der Waals surface area contributed by atoms with E-state index >= 15 is 0 Å². The first-order valence-electron chi connectivity index (χ1n) is 8.61. The van der Waals surface area contributed by atoms with E-state index in [2.05, 4.69) is 4.74 Å². The lowest BCUT2D eigenvalue weighted by molar-refractivity contribution is -0.146. The Morgan fingerprint density at radius 1 is 0.533 bits per heavy atom. The lowest BCUT2D eigenvalue weighted by atomic mass is 10.2. The number of rotatable bonds is 14. The third kappa shape index (κ3) is 40.8. The van der Waals surface area contributed by atoms with Crippen LogP contribution in [-0.2, 0) is 38.1 Å². The Bertz CT molecular complexity index is 408. The molecule has 8 heteroatoms. The fourth-order valence-corrected chi connectivity index (χ4v) is 1.47. The summed E-state index contributed by atoms with van der Waals surface area (Å²) in [5.74, 6) is -0.625. The molecular weight excluding hydrogens is 392 g/mol. The minimum atomic E-state index is -0.345. The molecule has 8 nitrogen and oxygen atoms in total. The van der Waals surface area contributed by atoms with Gasteiger partial charge in [-0.25, -0.2) is 0 Å². The van der Waals surface area contributed by atoms with Crippen LogP contribution in [0.4, 0.5) is 0 Å². The molecule has 0 fully saturated rings. The summed E-state index contributed by atoms with van der Waals surface area (Å²) in [5, 5.41) is 0. The van der Waals surface area contributed by atoms with Gasteiger partial charge in [-0.3, -0.25) is 9.59 Å². The van der Waals surface area contributed by atoms with E-state index in [9.17, 15) is 19.2 Å². The van der Waals surface area contributed by atoms with Gasteiger partial charge < -0.3 is 28.5 Å². The molecule has 0 radical (unpaired) electrons. The van der Waals surface area contributed by atoms with Crippen LogP contribution in [0.25, 0.3) is 0 Å². The van der Waals surface area contributed by atoms with Gasteiger partial charge in [-0.05, 0) is 26.7 Å². The summed E-state index contributed by atoms with van der Waals surface area (Å²) in [6.45, 7) is 4.67. The predicted octanol–water partition coefficient (Wildman–Crippen LogP) is 4.42. The van der Waals surface area contributed by atoms with E-state index in [1.165, 1.54) is 21.0 Å². The molecule has 0 saturated heterocycles. The number of hydrogen-bond acceptors (Lipinski definition) is 8. The van der Waals surface area contributed by atoms with Crippen LogP contribution in [0.3, 0.4) is 0 Å². The molecule has 0 aliphatic heterocycles. The van der Waals surface area contributed by atoms with Crippen molar-refractivity contribution in [2.75, 3.05) is 40.6 Å². The fourth-order valence-electron chi connectivity index (χ4n) is 1.47. The molecule has 0 heterocycles. The summed E-state index contributed by atoms with van der Waals surface area (Å²) < 4.78 is 19.1. The maximum absolute atomic E-state index is 11.0. The molecule has 0 N–H and O–H groups in total. The number of carbonyl (C=O) groups excluding carboxylic acids is 4. The van der Waals surface area contributed by atoms with E-state index in [1.807, 2.05) is 0 Å². The zero-order valence-corrected chi connectivity index (χ0v) is 16.3. The van der Waals surface area contributed by atoms with E-state index < -0.39 is 0 Å². The summed E-state index contributed by atoms with van der Waals surface area (Å²) in [4.78, 5) is 42.8. The minimum Gasteiger partial charge on any atom is -0.466 e. The van der Waals surface area contributed by atoms with E-state index in [0.717, 1.165) is 12.8 Å². The molecule has 0 aromatic heterocycles. The van der Waals surface area contributed by atoms with Crippen LogP contribution in [0.2, 0.25) is 0 Å². The van der Waals surface area contributed by atoms with Crippen molar-refractivity contribution in [2.45, 2.75) is 82.1 Å². The normalized spacial score (nSPS) is 8.40. The summed E-state index contributed by atoms with van der Waals surface area (Å²) in [5.41, 5.74) is 0. The van der Waals surface area contributed by atoms with Crippen molar-refractivity contribution in [2.24, 2.45) is 0 Å². The Labute approximate surface area is 185 Å². The van der Waals surface area contributed by atoms with Gasteiger partial charge in [0, 0.05) is 33.7 Å². The Morgan fingerprint density at radius 2 is 0.900 bits per heavy atom. The minimum absolute atomic E-state index is 0. The summed E-state index contributed by atoms with van der Waals surface area (Å²) in [6.07, 6.45) is 2.58. The molecule has 0 aliphatic carbocycles. The fraction of sp³-hybridized carbons (Fsp3) is 0.818. The zero-order valence-electron chi connectivity index (χ0n) is 16.3. The largest absolute Gasteiger partial charge is 0.466 e. The third-order valence-electron chi connectivity index (χ3n) is 2.92. The molecule has 0 saturated carbocycles. The molecule has 184 valence electrons. The second kappa shape index (κ2) is 31.9. The first-order chi connectivity index (χ1) is 12.3. The highest BCUT2D eigenvalue weighted by molar-refractivity contribution is 5.81. The number of esters is 2. The van der Waals surface area contributed by atoms with Crippen molar-refractivity contribution in [1.29, 1.82) is 0 Å². The van der Waals surface area contributed by atoms with Crippen LogP contribution >= 0.6 is 0 Å². The summed E-state index contributed by atoms with van der Waals surface area (Å²) in [6, 6.07) is 0. The molecule has 0 unspecified atom stereocenters. The SMILES string of the molecule is C.C.C.C.COCCCCOC(=O)CCC(C)=O.COCCOC(=O)CCC(C)=O. The van der Waals surface area contributed by atoms with Gasteiger partial charge in [-0.2, -0.15) is 0 Å². The second-order valence-corrected chi connectivity index (χ2v) is 5.54. The predicted molar refractivity (Wildman–Crippen MR) is 122 cm³/mol. The average molecular weight is 441 g/mol. The van der Waals surface area contributed by atoms with Crippen LogP contribution in [0, 0.1) is 0 Å². The van der Waals surface area contributed by atoms with Crippen molar-refractivity contribution < 1.29 is 38.1 Å². The van der Waals surface area contributed by atoms with E-state index in [1.54, 1.807) is 7.11 Å². The van der Waals surface area contributed by atoms with Crippen LogP contribution in [-0.4, -0.2) is 64.2 Å². The molecule has 0 aromatic rings. The first-order valence-corrected chi connectivity index (χ1v) is 8.61. The van der Waals surface area contributed by atoms with Gasteiger partial charge in [0.25, 0.3) is 0 Å². The van der Waals surface area contributed by atoms with Crippen LogP contribution in [0.1, 0.15) is 82.1 Å². The lowest BCUT2D eigenvalue weighted by Gasteiger charge is -2.03. The molecule has 0 bridgehead atoms. The van der Waals surface area contributed by atoms with Gasteiger partial charge in [-0.1, -0.05) is 29.7 Å². The number of carbonyl (C=O) groups is 4. The summed E-state index contributed by atoms with van der Waals surface area (Å²) >= 11 is 0. The zero-order chi connectivity index (χ0) is 20.2. The number of methoxy groups -OCH3 is 2. The van der Waals surface area contributed by atoms with Gasteiger partial charge in [-0.15, -0.1) is 0 Å². The van der Waals surface area contributed by atoms with Gasteiger partial charge in [0.05, 0.1) is 26.1 Å². The Kier molecular flexibility index (Phi) is 45.0. The molecule has 0 aromatic carbocycles. The highest BCUT2D eigenvalue weighted by Crippen LogP contribution is 1.97. The monoisotopic (exact) mass is 440 g/mol. The van der Waals surface area contributed by atoms with E-state index in [4.69, 9.17) is 14.2 Å². The first kappa shape index (κ1) is 42.3. The number of unbranched alkanes of at least 4 members (excludes halogenated alkanes) is 1. The second-order valence-electron chi connectivity index (χ2n) is 5.54. The van der Waals surface area contributed by atoms with E-state index in [0.29, 0.717) is 19.8 Å². The molecule has 0 atom stereocenters. The lowest BCUT2D eigenvalue weighted by Crippen LogP contribution is -2.10. The third-order valence-corrected chi connectivity index (χ3v) is 2.92. The van der Waals surface area contributed by atoms with Gasteiger partial charge in [0.2, 0.25) is 0 Å². The van der Waals surface area contributed by atoms with Crippen molar-refractivity contribution in [3.63, 3.8) is 0 Å². The van der Waals surface area contributed by atoms with Crippen LogP contribution in [0.5, 0.6) is 0 Å². The average Bonchev–Trinajstić information content (AvgIpc) is 2.59. The maximum Gasteiger partial charge on any atom is 0.306 e. The van der Waals surface area contributed by atoms with Gasteiger partial charge in [0.15, 0.2) is 0 Å². The smallest absolute Gasteiger partial charge is 0.306 e. The molecule has 0 aliphatic rings. The molecule has 30 heavy (non-hydrogen) atoms. The van der Waals surface area contributed by atoms with Crippen molar-refractivity contribution >= 4 is 23.5 Å². The van der Waals surface area contributed by atoms with Gasteiger partial charge in [0.1, 0.15) is 18.2 Å². The highest BCUT2D eigenvalue weighted by Gasteiger charge is 2.04. The summed E-state index contributed by atoms with van der Waals surface area (Å²) in [7, 11) is 3.17. The van der Waals surface area contributed by atoms with Crippen LogP contribution < -0.4 is 0 Å². The quantitative estimate of drug-likeness (QED) is 0.289. The molecule has 0 amide bonds. The van der Waals surface area contributed by atoms with E-state index in [-0.39, 0.29) is 85.5 Å². The highest BCUT2D eigenvalue weighted by atomic mass is 16.6. The molecular formula is C22H48O8. The Balaban J connectivity index is -0.0000000854. The Hall–Kier alpha value is -1.80.